The Balaban J connectivity index is 2.59. The van der Waals surface area contributed by atoms with Gasteiger partial charge in [-0.05, 0) is 18.9 Å². The number of carbonyl (C=O) groups excluding carboxylic acids is 1. The lowest BCUT2D eigenvalue weighted by molar-refractivity contribution is -0.137. The summed E-state index contributed by atoms with van der Waals surface area (Å²) in [5.74, 6) is -1.11. The Bertz CT molecular complexity index is 493. The van der Waals surface area contributed by atoms with Crippen LogP contribution in [0.4, 0.5) is 0 Å². The third kappa shape index (κ3) is 5.05. The minimum Gasteiger partial charge on any atom is -0.481 e. The van der Waals surface area contributed by atoms with Crippen molar-refractivity contribution in [3.63, 3.8) is 0 Å². The van der Waals surface area contributed by atoms with Crippen LogP contribution in [0, 0.1) is 5.92 Å². The van der Waals surface area contributed by atoms with Crippen molar-refractivity contribution >= 4 is 23.5 Å². The second kappa shape index (κ2) is 7.69. The summed E-state index contributed by atoms with van der Waals surface area (Å²) in [7, 11) is 0. The SMILES string of the molecule is CCOc1ncc(C(=O)NCC(C)CC(=O)O)cc1Cl. The molecule has 1 amide bonds. The summed E-state index contributed by atoms with van der Waals surface area (Å²) < 4.78 is 5.17. The Kier molecular flexibility index (Phi) is 6.24. The monoisotopic (exact) mass is 300 g/mol. The van der Waals surface area contributed by atoms with E-state index in [1.165, 1.54) is 12.3 Å². The van der Waals surface area contributed by atoms with Crippen LogP contribution in [0.3, 0.4) is 0 Å². The molecule has 0 aromatic carbocycles. The van der Waals surface area contributed by atoms with Gasteiger partial charge in [0.25, 0.3) is 5.91 Å². The number of rotatable bonds is 7. The van der Waals surface area contributed by atoms with E-state index in [0.29, 0.717) is 12.2 Å². The predicted molar refractivity (Wildman–Crippen MR) is 74.2 cm³/mol. The molecular formula is C13H17ClN2O4. The highest BCUT2D eigenvalue weighted by Crippen LogP contribution is 2.22. The predicted octanol–water partition coefficient (Wildman–Crippen LogP) is 1.97. The lowest BCUT2D eigenvalue weighted by Gasteiger charge is -2.11. The van der Waals surface area contributed by atoms with Gasteiger partial charge in [0.2, 0.25) is 5.88 Å². The van der Waals surface area contributed by atoms with Crippen molar-refractivity contribution < 1.29 is 19.4 Å². The molecule has 6 nitrogen and oxygen atoms in total. The average Bonchev–Trinajstić information content (AvgIpc) is 2.37. The van der Waals surface area contributed by atoms with Gasteiger partial charge in [-0.2, -0.15) is 0 Å². The number of carboxylic acids is 1. The van der Waals surface area contributed by atoms with Crippen LogP contribution in [0.15, 0.2) is 12.3 Å². The highest BCUT2D eigenvalue weighted by molar-refractivity contribution is 6.32. The molecule has 1 unspecified atom stereocenters. The molecule has 1 aromatic heterocycles. The molecule has 1 atom stereocenters. The summed E-state index contributed by atoms with van der Waals surface area (Å²) in [6, 6.07) is 1.47. The molecule has 0 spiro atoms. The smallest absolute Gasteiger partial charge is 0.303 e. The quantitative estimate of drug-likeness (QED) is 0.804. The Labute approximate surface area is 122 Å². The number of aliphatic carboxylic acids is 1. The first-order valence-electron chi connectivity index (χ1n) is 6.22. The molecule has 20 heavy (non-hydrogen) atoms. The first kappa shape index (κ1) is 16.2. The normalized spacial score (nSPS) is 11.8. The van der Waals surface area contributed by atoms with Crippen molar-refractivity contribution in [2.45, 2.75) is 20.3 Å². The van der Waals surface area contributed by atoms with Gasteiger partial charge < -0.3 is 15.2 Å². The summed E-state index contributed by atoms with van der Waals surface area (Å²) in [6.07, 6.45) is 1.37. The zero-order valence-corrected chi connectivity index (χ0v) is 12.1. The fourth-order valence-electron chi connectivity index (χ4n) is 1.53. The van der Waals surface area contributed by atoms with E-state index in [1.54, 1.807) is 6.92 Å². The molecule has 0 saturated carbocycles. The zero-order valence-electron chi connectivity index (χ0n) is 11.4. The van der Waals surface area contributed by atoms with Gasteiger partial charge in [0.05, 0.1) is 12.2 Å². The molecule has 0 radical (unpaired) electrons. The molecule has 0 aliphatic rings. The second-order valence-corrected chi connectivity index (χ2v) is 4.76. The van der Waals surface area contributed by atoms with Crippen LogP contribution >= 0.6 is 11.6 Å². The lowest BCUT2D eigenvalue weighted by atomic mass is 10.1. The van der Waals surface area contributed by atoms with E-state index in [0.717, 1.165) is 0 Å². The standard InChI is InChI=1S/C13H17ClN2O4/c1-3-20-13-10(14)5-9(7-16-13)12(19)15-6-8(2)4-11(17)18/h5,7-8H,3-4,6H2,1-2H3,(H,15,19)(H,17,18). The molecule has 0 bridgehead atoms. The summed E-state index contributed by atoms with van der Waals surface area (Å²) >= 11 is 5.94. The van der Waals surface area contributed by atoms with E-state index >= 15 is 0 Å². The number of amides is 1. The van der Waals surface area contributed by atoms with E-state index < -0.39 is 5.97 Å². The summed E-state index contributed by atoms with van der Waals surface area (Å²) in [5, 5.41) is 11.5. The molecule has 0 saturated heterocycles. The molecule has 1 aromatic rings. The topological polar surface area (TPSA) is 88.5 Å². The molecule has 1 rings (SSSR count). The largest absolute Gasteiger partial charge is 0.481 e. The third-order valence-electron chi connectivity index (χ3n) is 2.48. The van der Waals surface area contributed by atoms with E-state index in [2.05, 4.69) is 10.3 Å². The van der Waals surface area contributed by atoms with Gasteiger partial charge in [-0.1, -0.05) is 18.5 Å². The number of hydrogen-bond donors (Lipinski definition) is 2. The van der Waals surface area contributed by atoms with Crippen LogP contribution in [0.5, 0.6) is 5.88 Å². The van der Waals surface area contributed by atoms with Crippen LogP contribution in [0.1, 0.15) is 30.6 Å². The maximum atomic E-state index is 11.9. The van der Waals surface area contributed by atoms with Crippen LogP contribution in [0.25, 0.3) is 0 Å². The first-order chi connectivity index (χ1) is 9.43. The van der Waals surface area contributed by atoms with E-state index in [9.17, 15) is 9.59 Å². The van der Waals surface area contributed by atoms with E-state index in [-0.39, 0.29) is 35.7 Å². The van der Waals surface area contributed by atoms with Crippen LogP contribution in [-0.2, 0) is 4.79 Å². The first-order valence-corrected chi connectivity index (χ1v) is 6.60. The fourth-order valence-corrected chi connectivity index (χ4v) is 1.75. The summed E-state index contributed by atoms with van der Waals surface area (Å²) in [6.45, 7) is 4.27. The molecule has 2 N–H and O–H groups in total. The Morgan fingerprint density at radius 2 is 2.25 bits per heavy atom. The van der Waals surface area contributed by atoms with Crippen molar-refractivity contribution in [3.05, 3.63) is 22.8 Å². The third-order valence-corrected chi connectivity index (χ3v) is 2.76. The molecule has 1 heterocycles. The molecule has 0 fully saturated rings. The van der Waals surface area contributed by atoms with Crippen LogP contribution < -0.4 is 10.1 Å². The molecule has 110 valence electrons. The Morgan fingerprint density at radius 3 is 2.80 bits per heavy atom. The number of ether oxygens (including phenoxy) is 1. The molecule has 7 heteroatoms. The van der Waals surface area contributed by atoms with Gasteiger partial charge in [-0.25, -0.2) is 4.98 Å². The molecule has 0 aliphatic heterocycles. The van der Waals surface area contributed by atoms with Gasteiger partial charge in [-0.3, -0.25) is 9.59 Å². The number of carboxylic acid groups (broad SMARTS) is 1. The minimum atomic E-state index is -0.891. The fraction of sp³-hybridized carbons (Fsp3) is 0.462. The van der Waals surface area contributed by atoms with Crippen molar-refractivity contribution in [2.24, 2.45) is 5.92 Å². The van der Waals surface area contributed by atoms with Gasteiger partial charge in [0.15, 0.2) is 0 Å². The molecule has 0 aliphatic carbocycles. The number of pyridine rings is 1. The number of nitrogens with one attached hydrogen (secondary N) is 1. The van der Waals surface area contributed by atoms with Crippen molar-refractivity contribution in [1.82, 2.24) is 10.3 Å². The maximum Gasteiger partial charge on any atom is 0.303 e. The Hall–Kier alpha value is -1.82. The second-order valence-electron chi connectivity index (χ2n) is 4.36. The lowest BCUT2D eigenvalue weighted by Crippen LogP contribution is -2.29. The Morgan fingerprint density at radius 1 is 1.55 bits per heavy atom. The van der Waals surface area contributed by atoms with Crippen molar-refractivity contribution in [2.75, 3.05) is 13.2 Å². The van der Waals surface area contributed by atoms with Gasteiger partial charge in [-0.15, -0.1) is 0 Å². The minimum absolute atomic E-state index is 0.00254. The highest BCUT2D eigenvalue weighted by Gasteiger charge is 2.13. The van der Waals surface area contributed by atoms with E-state index in [1.807, 2.05) is 6.92 Å². The number of aromatic nitrogens is 1. The van der Waals surface area contributed by atoms with Crippen molar-refractivity contribution in [1.29, 1.82) is 0 Å². The van der Waals surface area contributed by atoms with Crippen LogP contribution in [0.2, 0.25) is 5.02 Å². The summed E-state index contributed by atoms with van der Waals surface area (Å²) in [4.78, 5) is 26.3. The average molecular weight is 301 g/mol. The van der Waals surface area contributed by atoms with E-state index in [4.69, 9.17) is 21.4 Å². The number of hydrogen-bond acceptors (Lipinski definition) is 4. The molecular weight excluding hydrogens is 284 g/mol. The van der Waals surface area contributed by atoms with Gasteiger partial charge in [0, 0.05) is 19.2 Å². The number of halogens is 1. The number of nitrogens with zero attached hydrogens (tertiary/aromatic N) is 1. The van der Waals surface area contributed by atoms with Crippen molar-refractivity contribution in [3.8, 4) is 5.88 Å². The van der Waals surface area contributed by atoms with Gasteiger partial charge >= 0.3 is 5.97 Å². The summed E-state index contributed by atoms with van der Waals surface area (Å²) in [5.41, 5.74) is 0.306. The highest BCUT2D eigenvalue weighted by atomic mass is 35.5. The number of carbonyl (C=O) groups is 2. The maximum absolute atomic E-state index is 11.9. The van der Waals surface area contributed by atoms with Crippen LogP contribution in [-0.4, -0.2) is 35.1 Å². The zero-order chi connectivity index (χ0) is 15.1. The van der Waals surface area contributed by atoms with Gasteiger partial charge in [0.1, 0.15) is 5.02 Å².